The van der Waals surface area contributed by atoms with Crippen LogP contribution in [-0.2, 0) is 14.3 Å². The number of methoxy groups -OCH3 is 1. The lowest BCUT2D eigenvalue weighted by Crippen LogP contribution is -2.50. The summed E-state index contributed by atoms with van der Waals surface area (Å²) in [5, 5.41) is 5.13. The molecule has 23 heavy (non-hydrogen) atoms. The van der Waals surface area contributed by atoms with Crippen molar-refractivity contribution in [2.75, 3.05) is 20.7 Å². The van der Waals surface area contributed by atoms with Crippen molar-refractivity contribution < 1.29 is 23.9 Å². The molecule has 3 amide bonds. The fourth-order valence-corrected chi connectivity index (χ4v) is 1.51. The van der Waals surface area contributed by atoms with Gasteiger partial charge in [-0.1, -0.05) is 0 Å². The van der Waals surface area contributed by atoms with E-state index in [9.17, 15) is 14.4 Å². The summed E-state index contributed by atoms with van der Waals surface area (Å²) >= 11 is 0. The number of urea groups is 1. The standard InChI is InChI=1S/C15H29N3O5/c1-10(2)18(6)13(20)17-11(12(19)22-7)8-9-16-14(21)23-15(3,4)5/h10-11H,8-9H2,1-7H3,(H,16,21)(H,17,20)/t11-/m0/s1. The second-order valence-electron chi connectivity index (χ2n) is 6.45. The molecule has 8 heteroatoms. The minimum Gasteiger partial charge on any atom is -0.467 e. The Balaban J connectivity index is 4.50. The summed E-state index contributed by atoms with van der Waals surface area (Å²) in [6.07, 6.45) is -0.379. The first-order valence-corrected chi connectivity index (χ1v) is 7.56. The van der Waals surface area contributed by atoms with Crippen LogP contribution in [0.15, 0.2) is 0 Å². The van der Waals surface area contributed by atoms with E-state index in [1.807, 2.05) is 13.8 Å². The lowest BCUT2D eigenvalue weighted by Gasteiger charge is -2.25. The molecule has 2 N–H and O–H groups in total. The van der Waals surface area contributed by atoms with Gasteiger partial charge in [-0.3, -0.25) is 0 Å². The fourth-order valence-electron chi connectivity index (χ4n) is 1.51. The van der Waals surface area contributed by atoms with Gasteiger partial charge in [0.05, 0.1) is 7.11 Å². The Kier molecular flexibility index (Phi) is 8.42. The number of hydrogen-bond acceptors (Lipinski definition) is 5. The predicted octanol–water partition coefficient (Wildman–Crippen LogP) is 1.49. The van der Waals surface area contributed by atoms with Gasteiger partial charge in [0.15, 0.2) is 0 Å². The van der Waals surface area contributed by atoms with E-state index in [0.717, 1.165) is 0 Å². The van der Waals surface area contributed by atoms with E-state index >= 15 is 0 Å². The van der Waals surface area contributed by atoms with E-state index in [1.54, 1.807) is 27.8 Å². The molecule has 0 spiro atoms. The van der Waals surface area contributed by atoms with Crippen LogP contribution in [0.5, 0.6) is 0 Å². The zero-order valence-corrected chi connectivity index (χ0v) is 15.1. The highest BCUT2D eigenvalue weighted by atomic mass is 16.6. The Hall–Kier alpha value is -1.99. The van der Waals surface area contributed by atoms with Gasteiger partial charge in [-0.05, 0) is 41.0 Å². The number of rotatable bonds is 6. The van der Waals surface area contributed by atoms with Crippen molar-refractivity contribution >= 4 is 18.1 Å². The maximum absolute atomic E-state index is 12.0. The van der Waals surface area contributed by atoms with E-state index in [0.29, 0.717) is 0 Å². The van der Waals surface area contributed by atoms with Gasteiger partial charge in [0.2, 0.25) is 0 Å². The topological polar surface area (TPSA) is 97.0 Å². The maximum Gasteiger partial charge on any atom is 0.407 e. The molecule has 0 fully saturated rings. The predicted molar refractivity (Wildman–Crippen MR) is 86.1 cm³/mol. The summed E-state index contributed by atoms with van der Waals surface area (Å²) in [7, 11) is 2.88. The van der Waals surface area contributed by atoms with Crippen molar-refractivity contribution in [3.05, 3.63) is 0 Å². The highest BCUT2D eigenvalue weighted by Gasteiger charge is 2.24. The summed E-state index contributed by atoms with van der Waals surface area (Å²) < 4.78 is 9.77. The molecule has 0 aromatic rings. The molecular weight excluding hydrogens is 302 g/mol. The number of nitrogens with zero attached hydrogens (tertiary/aromatic N) is 1. The molecule has 0 radical (unpaired) electrons. The van der Waals surface area contributed by atoms with Gasteiger partial charge < -0.3 is 25.0 Å². The zero-order chi connectivity index (χ0) is 18.2. The molecule has 0 bridgehead atoms. The van der Waals surface area contributed by atoms with Crippen LogP contribution < -0.4 is 10.6 Å². The van der Waals surface area contributed by atoms with Gasteiger partial charge in [0.25, 0.3) is 0 Å². The van der Waals surface area contributed by atoms with Crippen LogP contribution >= 0.6 is 0 Å². The highest BCUT2D eigenvalue weighted by molar-refractivity contribution is 5.83. The lowest BCUT2D eigenvalue weighted by atomic mass is 10.2. The molecule has 0 aliphatic carbocycles. The van der Waals surface area contributed by atoms with Crippen molar-refractivity contribution in [1.82, 2.24) is 15.5 Å². The van der Waals surface area contributed by atoms with Gasteiger partial charge >= 0.3 is 18.1 Å². The van der Waals surface area contributed by atoms with Gasteiger partial charge in [0.1, 0.15) is 11.6 Å². The minimum atomic E-state index is -0.844. The normalized spacial score (nSPS) is 12.3. The largest absolute Gasteiger partial charge is 0.467 e. The number of nitrogens with one attached hydrogen (secondary N) is 2. The van der Waals surface area contributed by atoms with Crippen LogP contribution in [-0.4, -0.2) is 61.4 Å². The van der Waals surface area contributed by atoms with Gasteiger partial charge in [-0.2, -0.15) is 0 Å². The first kappa shape index (κ1) is 21.0. The molecule has 1 atom stereocenters. The van der Waals surface area contributed by atoms with Gasteiger partial charge in [-0.15, -0.1) is 0 Å². The van der Waals surface area contributed by atoms with Crippen LogP contribution in [0.3, 0.4) is 0 Å². The molecule has 0 unspecified atom stereocenters. The molecule has 0 saturated carbocycles. The molecule has 0 heterocycles. The number of carbonyl (C=O) groups excluding carboxylic acids is 3. The van der Waals surface area contributed by atoms with E-state index in [2.05, 4.69) is 15.4 Å². The molecule has 0 aliphatic heterocycles. The van der Waals surface area contributed by atoms with E-state index in [4.69, 9.17) is 4.74 Å². The van der Waals surface area contributed by atoms with Crippen LogP contribution in [0.2, 0.25) is 0 Å². The third-order valence-corrected chi connectivity index (χ3v) is 2.98. The number of esters is 1. The zero-order valence-electron chi connectivity index (χ0n) is 15.1. The first-order chi connectivity index (χ1) is 10.5. The Bertz CT molecular complexity index is 418. The Morgan fingerprint density at radius 1 is 1.17 bits per heavy atom. The second-order valence-corrected chi connectivity index (χ2v) is 6.45. The SMILES string of the molecule is COC(=O)[C@H](CCNC(=O)OC(C)(C)C)NC(=O)N(C)C(C)C. The van der Waals surface area contributed by atoms with Crippen molar-refractivity contribution in [3.63, 3.8) is 0 Å². The number of alkyl carbamates (subject to hydrolysis) is 1. The molecule has 0 saturated heterocycles. The molecule has 134 valence electrons. The number of hydrogen-bond donors (Lipinski definition) is 2. The van der Waals surface area contributed by atoms with E-state index in [1.165, 1.54) is 12.0 Å². The van der Waals surface area contributed by atoms with Gasteiger partial charge in [0, 0.05) is 19.6 Å². The maximum atomic E-state index is 12.0. The summed E-state index contributed by atoms with van der Waals surface area (Å²) in [5.74, 6) is -0.568. The van der Waals surface area contributed by atoms with Crippen molar-refractivity contribution in [1.29, 1.82) is 0 Å². The average molecular weight is 331 g/mol. The molecule has 0 rings (SSSR count). The van der Waals surface area contributed by atoms with Gasteiger partial charge in [-0.25, -0.2) is 14.4 Å². The van der Waals surface area contributed by atoms with Crippen LogP contribution in [0.25, 0.3) is 0 Å². The smallest absolute Gasteiger partial charge is 0.407 e. The quantitative estimate of drug-likeness (QED) is 0.719. The van der Waals surface area contributed by atoms with E-state index in [-0.39, 0.29) is 25.0 Å². The Morgan fingerprint density at radius 3 is 2.17 bits per heavy atom. The third-order valence-electron chi connectivity index (χ3n) is 2.98. The van der Waals surface area contributed by atoms with Crippen molar-refractivity contribution in [3.8, 4) is 0 Å². The Labute approximate surface area is 137 Å². The summed E-state index contributed by atoms with van der Waals surface area (Å²) in [4.78, 5) is 36.8. The first-order valence-electron chi connectivity index (χ1n) is 7.56. The minimum absolute atomic E-state index is 0.00631. The number of ether oxygens (including phenoxy) is 2. The highest BCUT2D eigenvalue weighted by Crippen LogP contribution is 2.06. The Morgan fingerprint density at radius 2 is 1.74 bits per heavy atom. The summed E-state index contributed by atoms with van der Waals surface area (Å²) in [5.41, 5.74) is -0.597. The lowest BCUT2D eigenvalue weighted by molar-refractivity contribution is -0.143. The van der Waals surface area contributed by atoms with E-state index < -0.39 is 23.7 Å². The third kappa shape index (κ3) is 8.90. The molecule has 0 aromatic heterocycles. The van der Waals surface area contributed by atoms with Crippen molar-refractivity contribution in [2.24, 2.45) is 0 Å². The summed E-state index contributed by atoms with van der Waals surface area (Å²) in [6, 6.07) is -1.23. The van der Waals surface area contributed by atoms with Crippen LogP contribution in [0.4, 0.5) is 9.59 Å². The van der Waals surface area contributed by atoms with Crippen LogP contribution in [0.1, 0.15) is 41.0 Å². The molecular formula is C15H29N3O5. The number of amides is 3. The molecule has 8 nitrogen and oxygen atoms in total. The van der Waals surface area contributed by atoms with Crippen LogP contribution in [0, 0.1) is 0 Å². The van der Waals surface area contributed by atoms with Crippen molar-refractivity contribution in [2.45, 2.75) is 58.7 Å². The average Bonchev–Trinajstić information content (AvgIpc) is 2.42. The monoisotopic (exact) mass is 331 g/mol. The fraction of sp³-hybridized carbons (Fsp3) is 0.800. The molecule has 0 aromatic carbocycles. The second kappa shape index (κ2) is 9.22. The number of carbonyl (C=O) groups is 3. The molecule has 0 aliphatic rings. The summed E-state index contributed by atoms with van der Waals surface area (Å²) in [6.45, 7) is 9.15.